The molecule has 0 spiro atoms. The Morgan fingerprint density at radius 1 is 1.40 bits per heavy atom. The van der Waals surface area contributed by atoms with Gasteiger partial charge in [0.2, 0.25) is 5.91 Å². The quantitative estimate of drug-likeness (QED) is 0.727. The number of hydrogen-bond donors (Lipinski definition) is 1. The molecule has 3 heteroatoms. The van der Waals surface area contributed by atoms with Gasteiger partial charge in [0, 0.05) is 19.0 Å². The van der Waals surface area contributed by atoms with Gasteiger partial charge in [0.15, 0.2) is 0 Å². The molecule has 1 saturated carbocycles. The summed E-state index contributed by atoms with van der Waals surface area (Å²) in [7, 11) is 0. The SMILES string of the molecule is CC(C)CN(C(=O)CC(C)CN)C1CC1. The minimum Gasteiger partial charge on any atom is -0.339 e. The van der Waals surface area contributed by atoms with E-state index in [-0.39, 0.29) is 0 Å². The van der Waals surface area contributed by atoms with Crippen molar-refractivity contribution in [2.75, 3.05) is 13.1 Å². The Bertz CT molecular complexity index is 212. The molecule has 0 bridgehead atoms. The van der Waals surface area contributed by atoms with Crippen molar-refractivity contribution < 1.29 is 4.79 Å². The molecule has 1 aliphatic carbocycles. The molecular formula is C12H24N2O. The van der Waals surface area contributed by atoms with Crippen LogP contribution >= 0.6 is 0 Å². The Kier molecular flexibility index (Phi) is 4.58. The standard InChI is InChI=1S/C12H24N2O/c1-9(2)8-14(11-4-5-11)12(15)6-10(3)7-13/h9-11H,4-8,13H2,1-3H3. The third-order valence-electron chi connectivity index (χ3n) is 2.80. The van der Waals surface area contributed by atoms with Gasteiger partial charge in [-0.05, 0) is 31.2 Å². The van der Waals surface area contributed by atoms with Crippen molar-refractivity contribution >= 4 is 5.91 Å². The number of carbonyl (C=O) groups excluding carboxylic acids is 1. The normalized spacial score (nSPS) is 17.9. The molecule has 0 aromatic heterocycles. The molecule has 0 aromatic carbocycles. The summed E-state index contributed by atoms with van der Waals surface area (Å²) in [6.45, 7) is 7.87. The van der Waals surface area contributed by atoms with E-state index in [0.717, 1.165) is 6.54 Å². The fourth-order valence-electron chi connectivity index (χ4n) is 1.73. The summed E-state index contributed by atoms with van der Waals surface area (Å²) in [5, 5.41) is 0. The van der Waals surface area contributed by atoms with Crippen LogP contribution in [0.2, 0.25) is 0 Å². The Balaban J connectivity index is 2.44. The highest BCUT2D eigenvalue weighted by Crippen LogP contribution is 2.28. The molecule has 0 aromatic rings. The Morgan fingerprint density at radius 3 is 2.40 bits per heavy atom. The lowest BCUT2D eigenvalue weighted by atomic mass is 10.1. The van der Waals surface area contributed by atoms with E-state index in [1.807, 2.05) is 6.92 Å². The first-order valence-corrected chi connectivity index (χ1v) is 6.04. The van der Waals surface area contributed by atoms with Crippen molar-refractivity contribution in [2.24, 2.45) is 17.6 Å². The average Bonchev–Trinajstić information content (AvgIpc) is 2.96. The van der Waals surface area contributed by atoms with Crippen LogP contribution in [-0.2, 0) is 4.79 Å². The molecule has 0 aliphatic heterocycles. The van der Waals surface area contributed by atoms with Crippen molar-refractivity contribution in [2.45, 2.75) is 46.1 Å². The Hall–Kier alpha value is -0.570. The smallest absolute Gasteiger partial charge is 0.223 e. The van der Waals surface area contributed by atoms with Crippen LogP contribution in [-0.4, -0.2) is 29.9 Å². The van der Waals surface area contributed by atoms with Gasteiger partial charge in [-0.3, -0.25) is 4.79 Å². The second-order valence-corrected chi connectivity index (χ2v) is 5.22. The van der Waals surface area contributed by atoms with E-state index in [9.17, 15) is 4.79 Å². The third-order valence-corrected chi connectivity index (χ3v) is 2.80. The lowest BCUT2D eigenvalue weighted by Crippen LogP contribution is -2.37. The van der Waals surface area contributed by atoms with Crippen LogP contribution < -0.4 is 5.73 Å². The number of rotatable bonds is 6. The van der Waals surface area contributed by atoms with Crippen LogP contribution in [0, 0.1) is 11.8 Å². The second-order valence-electron chi connectivity index (χ2n) is 5.22. The summed E-state index contributed by atoms with van der Waals surface area (Å²) < 4.78 is 0. The zero-order valence-corrected chi connectivity index (χ0v) is 10.2. The van der Waals surface area contributed by atoms with E-state index in [4.69, 9.17) is 5.73 Å². The van der Waals surface area contributed by atoms with Gasteiger partial charge in [-0.1, -0.05) is 20.8 Å². The van der Waals surface area contributed by atoms with E-state index in [1.165, 1.54) is 12.8 Å². The van der Waals surface area contributed by atoms with Crippen molar-refractivity contribution in [3.05, 3.63) is 0 Å². The van der Waals surface area contributed by atoms with Crippen molar-refractivity contribution in [1.82, 2.24) is 4.90 Å². The van der Waals surface area contributed by atoms with E-state index in [2.05, 4.69) is 18.7 Å². The second kappa shape index (κ2) is 5.50. The van der Waals surface area contributed by atoms with Gasteiger partial charge < -0.3 is 10.6 Å². The first-order valence-electron chi connectivity index (χ1n) is 6.04. The van der Waals surface area contributed by atoms with Crippen LogP contribution in [0.3, 0.4) is 0 Å². The fourth-order valence-corrected chi connectivity index (χ4v) is 1.73. The van der Waals surface area contributed by atoms with Crippen LogP contribution in [0.25, 0.3) is 0 Å². The largest absolute Gasteiger partial charge is 0.339 e. The first kappa shape index (κ1) is 12.5. The van der Waals surface area contributed by atoms with Gasteiger partial charge in [0.1, 0.15) is 0 Å². The number of hydrogen-bond acceptors (Lipinski definition) is 2. The maximum absolute atomic E-state index is 12.0. The molecule has 88 valence electrons. The molecule has 0 saturated heterocycles. The van der Waals surface area contributed by atoms with Gasteiger partial charge >= 0.3 is 0 Å². The summed E-state index contributed by atoms with van der Waals surface area (Å²) in [6, 6.07) is 0.532. The summed E-state index contributed by atoms with van der Waals surface area (Å²) in [4.78, 5) is 14.1. The number of amides is 1. The molecule has 1 aliphatic rings. The number of nitrogens with two attached hydrogens (primary N) is 1. The van der Waals surface area contributed by atoms with Crippen molar-refractivity contribution in [3.63, 3.8) is 0 Å². The van der Waals surface area contributed by atoms with Crippen molar-refractivity contribution in [3.8, 4) is 0 Å². The lowest BCUT2D eigenvalue weighted by molar-refractivity contribution is -0.133. The molecule has 1 amide bonds. The molecule has 3 nitrogen and oxygen atoms in total. The highest BCUT2D eigenvalue weighted by atomic mass is 16.2. The molecule has 2 N–H and O–H groups in total. The number of carbonyl (C=O) groups is 1. The van der Waals surface area contributed by atoms with Gasteiger partial charge in [0.05, 0.1) is 0 Å². The highest BCUT2D eigenvalue weighted by molar-refractivity contribution is 5.77. The van der Waals surface area contributed by atoms with E-state index in [0.29, 0.717) is 36.8 Å². The summed E-state index contributed by atoms with van der Waals surface area (Å²) in [5.74, 6) is 1.16. The monoisotopic (exact) mass is 212 g/mol. The van der Waals surface area contributed by atoms with Crippen LogP contribution in [0.1, 0.15) is 40.0 Å². The zero-order chi connectivity index (χ0) is 11.4. The zero-order valence-electron chi connectivity index (χ0n) is 10.2. The van der Waals surface area contributed by atoms with E-state index < -0.39 is 0 Å². The maximum Gasteiger partial charge on any atom is 0.223 e. The highest BCUT2D eigenvalue weighted by Gasteiger charge is 2.32. The average molecular weight is 212 g/mol. The third kappa shape index (κ3) is 4.20. The maximum atomic E-state index is 12.0. The first-order chi connectivity index (χ1) is 7.04. The molecule has 1 fully saturated rings. The number of nitrogens with zero attached hydrogens (tertiary/aromatic N) is 1. The van der Waals surface area contributed by atoms with Crippen LogP contribution in [0.5, 0.6) is 0 Å². The van der Waals surface area contributed by atoms with E-state index in [1.54, 1.807) is 0 Å². The molecule has 1 atom stereocenters. The van der Waals surface area contributed by atoms with Crippen LogP contribution in [0.15, 0.2) is 0 Å². The fraction of sp³-hybridized carbons (Fsp3) is 0.917. The minimum atomic E-state index is 0.296. The molecule has 1 rings (SSSR count). The van der Waals surface area contributed by atoms with Gasteiger partial charge in [-0.15, -0.1) is 0 Å². The predicted molar refractivity (Wildman–Crippen MR) is 62.4 cm³/mol. The topological polar surface area (TPSA) is 46.3 Å². The molecular weight excluding hydrogens is 188 g/mol. The van der Waals surface area contributed by atoms with Crippen molar-refractivity contribution in [1.29, 1.82) is 0 Å². The molecule has 0 heterocycles. The summed E-state index contributed by atoms with van der Waals surface area (Å²) >= 11 is 0. The lowest BCUT2D eigenvalue weighted by Gasteiger charge is -2.25. The predicted octanol–water partition coefficient (Wildman–Crippen LogP) is 1.62. The van der Waals surface area contributed by atoms with Gasteiger partial charge in [-0.2, -0.15) is 0 Å². The van der Waals surface area contributed by atoms with Crippen LogP contribution in [0.4, 0.5) is 0 Å². The minimum absolute atomic E-state index is 0.296. The molecule has 15 heavy (non-hydrogen) atoms. The molecule has 0 radical (unpaired) electrons. The Morgan fingerprint density at radius 2 is 2.00 bits per heavy atom. The Labute approximate surface area is 93.0 Å². The summed E-state index contributed by atoms with van der Waals surface area (Å²) in [5.41, 5.74) is 5.54. The van der Waals surface area contributed by atoms with Gasteiger partial charge in [0.25, 0.3) is 0 Å². The van der Waals surface area contributed by atoms with Gasteiger partial charge in [-0.25, -0.2) is 0 Å². The summed E-state index contributed by atoms with van der Waals surface area (Å²) in [6.07, 6.45) is 2.99. The van der Waals surface area contributed by atoms with E-state index >= 15 is 0 Å². The molecule has 1 unspecified atom stereocenters.